The molecular formula is C51H34O. The predicted octanol–water partition coefficient (Wildman–Crippen LogP) is 14.1. The SMILES string of the molecule is c1ccc(-c2ccc(C(c3ccc(-c4cccc5ccccc45)cc3)c3ccccc3-c3cccc4oc5c6ccccc6ccc5c34)cc2)cc1. The lowest BCUT2D eigenvalue weighted by molar-refractivity contribution is 0.673. The van der Waals surface area contributed by atoms with E-state index in [0.717, 1.165) is 27.3 Å². The van der Waals surface area contributed by atoms with Gasteiger partial charge < -0.3 is 4.42 Å². The van der Waals surface area contributed by atoms with Crippen LogP contribution in [0.25, 0.3) is 76.9 Å². The highest BCUT2D eigenvalue weighted by Gasteiger charge is 2.23. The van der Waals surface area contributed by atoms with E-state index in [4.69, 9.17) is 4.42 Å². The van der Waals surface area contributed by atoms with Crippen molar-refractivity contribution in [2.75, 3.05) is 0 Å². The Hall–Kier alpha value is -6.70. The van der Waals surface area contributed by atoms with Crippen LogP contribution in [0.1, 0.15) is 22.6 Å². The highest BCUT2D eigenvalue weighted by atomic mass is 16.3. The highest BCUT2D eigenvalue weighted by Crippen LogP contribution is 2.44. The lowest BCUT2D eigenvalue weighted by atomic mass is 9.80. The molecule has 0 aliphatic heterocycles. The van der Waals surface area contributed by atoms with Crippen molar-refractivity contribution in [3.05, 3.63) is 217 Å². The van der Waals surface area contributed by atoms with Crippen LogP contribution in [0.4, 0.5) is 0 Å². The van der Waals surface area contributed by atoms with Gasteiger partial charge in [-0.15, -0.1) is 0 Å². The van der Waals surface area contributed by atoms with E-state index in [0.29, 0.717) is 0 Å². The average Bonchev–Trinajstić information content (AvgIpc) is 3.62. The third-order valence-electron chi connectivity index (χ3n) is 10.6. The number of fused-ring (bicyclic) bond motifs is 6. The van der Waals surface area contributed by atoms with Gasteiger partial charge in [-0.2, -0.15) is 0 Å². The molecule has 0 saturated carbocycles. The first-order chi connectivity index (χ1) is 25.8. The van der Waals surface area contributed by atoms with Gasteiger partial charge >= 0.3 is 0 Å². The second-order valence-electron chi connectivity index (χ2n) is 13.6. The molecule has 10 aromatic rings. The van der Waals surface area contributed by atoms with E-state index in [1.54, 1.807) is 0 Å². The summed E-state index contributed by atoms with van der Waals surface area (Å²) in [4.78, 5) is 0. The second-order valence-corrected chi connectivity index (χ2v) is 13.6. The third-order valence-corrected chi connectivity index (χ3v) is 10.6. The molecule has 0 fully saturated rings. The Balaban J connectivity index is 1.16. The summed E-state index contributed by atoms with van der Waals surface area (Å²) < 4.78 is 6.64. The standard InChI is InChI=1S/C51H34O/c1-2-12-34(13-3-1)35-24-28-39(29-25-35)49(40-30-26-38(27-31-40)42-21-10-16-36-14-4-6-17-41(36)42)45-20-9-8-19-44(45)46-22-11-23-48-50(46)47-33-32-37-15-5-7-18-43(37)51(47)52-48/h1-33,49H. The van der Waals surface area contributed by atoms with Crippen LogP contribution < -0.4 is 0 Å². The first-order valence-corrected chi connectivity index (χ1v) is 18.0. The summed E-state index contributed by atoms with van der Waals surface area (Å²) in [5.74, 6) is -0.00292. The Morgan fingerprint density at radius 2 is 0.885 bits per heavy atom. The number of hydrogen-bond acceptors (Lipinski definition) is 1. The zero-order valence-electron chi connectivity index (χ0n) is 28.5. The number of furan rings is 1. The molecule has 0 radical (unpaired) electrons. The van der Waals surface area contributed by atoms with Crippen molar-refractivity contribution >= 4 is 43.5 Å². The molecule has 0 spiro atoms. The number of hydrogen-bond donors (Lipinski definition) is 0. The van der Waals surface area contributed by atoms with Gasteiger partial charge in [0.1, 0.15) is 11.2 Å². The summed E-state index contributed by atoms with van der Waals surface area (Å²) in [6, 6.07) is 72.5. The van der Waals surface area contributed by atoms with Gasteiger partial charge in [0.05, 0.1) is 0 Å². The van der Waals surface area contributed by atoms with Gasteiger partial charge in [-0.25, -0.2) is 0 Å². The van der Waals surface area contributed by atoms with E-state index in [-0.39, 0.29) is 5.92 Å². The normalized spacial score (nSPS) is 12.2. The van der Waals surface area contributed by atoms with E-state index in [1.807, 2.05) is 0 Å². The van der Waals surface area contributed by atoms with Crippen molar-refractivity contribution in [1.29, 1.82) is 0 Å². The van der Waals surface area contributed by atoms with Gasteiger partial charge in [-0.3, -0.25) is 0 Å². The van der Waals surface area contributed by atoms with E-state index in [2.05, 4.69) is 200 Å². The van der Waals surface area contributed by atoms with Crippen molar-refractivity contribution < 1.29 is 4.42 Å². The molecule has 52 heavy (non-hydrogen) atoms. The molecule has 0 aliphatic carbocycles. The largest absolute Gasteiger partial charge is 0.455 e. The molecule has 9 aromatic carbocycles. The van der Waals surface area contributed by atoms with Gasteiger partial charge in [0.15, 0.2) is 0 Å². The van der Waals surface area contributed by atoms with E-state index >= 15 is 0 Å². The van der Waals surface area contributed by atoms with Crippen LogP contribution in [0, 0.1) is 0 Å². The second kappa shape index (κ2) is 12.6. The molecule has 1 unspecified atom stereocenters. The average molecular weight is 663 g/mol. The fourth-order valence-electron chi connectivity index (χ4n) is 8.15. The maximum atomic E-state index is 6.64. The maximum absolute atomic E-state index is 6.64. The van der Waals surface area contributed by atoms with Crippen LogP contribution in [0.15, 0.2) is 205 Å². The van der Waals surface area contributed by atoms with Crippen LogP contribution in [0.5, 0.6) is 0 Å². The third kappa shape index (κ3) is 5.10. The summed E-state index contributed by atoms with van der Waals surface area (Å²) >= 11 is 0. The van der Waals surface area contributed by atoms with Crippen molar-refractivity contribution in [2.24, 2.45) is 0 Å². The molecule has 1 nitrogen and oxygen atoms in total. The van der Waals surface area contributed by atoms with E-state index in [9.17, 15) is 0 Å². The van der Waals surface area contributed by atoms with E-state index in [1.165, 1.54) is 66.2 Å². The van der Waals surface area contributed by atoms with Gasteiger partial charge in [0, 0.05) is 22.1 Å². The molecular weight excluding hydrogens is 629 g/mol. The molecule has 0 bridgehead atoms. The van der Waals surface area contributed by atoms with Gasteiger partial charge in [0.25, 0.3) is 0 Å². The molecule has 1 atom stereocenters. The van der Waals surface area contributed by atoms with Crippen molar-refractivity contribution in [3.63, 3.8) is 0 Å². The topological polar surface area (TPSA) is 13.1 Å². The predicted molar refractivity (Wildman–Crippen MR) is 219 cm³/mol. The van der Waals surface area contributed by atoms with Crippen LogP contribution in [0.2, 0.25) is 0 Å². The monoisotopic (exact) mass is 662 g/mol. The van der Waals surface area contributed by atoms with E-state index < -0.39 is 0 Å². The van der Waals surface area contributed by atoms with Crippen LogP contribution >= 0.6 is 0 Å². The quantitative estimate of drug-likeness (QED) is 0.162. The summed E-state index contributed by atoms with van der Waals surface area (Å²) in [6.07, 6.45) is 0. The lowest BCUT2D eigenvalue weighted by Crippen LogP contribution is -2.05. The molecule has 0 aliphatic rings. The smallest absolute Gasteiger partial charge is 0.143 e. The summed E-state index contributed by atoms with van der Waals surface area (Å²) in [5.41, 5.74) is 12.9. The highest BCUT2D eigenvalue weighted by molar-refractivity contribution is 6.19. The van der Waals surface area contributed by atoms with Gasteiger partial charge in [-0.1, -0.05) is 188 Å². The Morgan fingerprint density at radius 1 is 0.327 bits per heavy atom. The molecule has 1 heterocycles. The van der Waals surface area contributed by atoms with Crippen molar-refractivity contribution in [2.45, 2.75) is 5.92 Å². The molecule has 0 N–H and O–H groups in total. The minimum atomic E-state index is -0.00292. The minimum absolute atomic E-state index is 0.00292. The Bertz CT molecular complexity index is 2870. The summed E-state index contributed by atoms with van der Waals surface area (Å²) in [7, 11) is 0. The molecule has 1 aromatic heterocycles. The fraction of sp³-hybridized carbons (Fsp3) is 0.0196. The molecule has 0 amide bonds. The number of benzene rings is 9. The lowest BCUT2D eigenvalue weighted by Gasteiger charge is -2.23. The van der Waals surface area contributed by atoms with Crippen LogP contribution in [-0.4, -0.2) is 0 Å². The van der Waals surface area contributed by atoms with Gasteiger partial charge in [0.2, 0.25) is 0 Å². The Kier molecular flexibility index (Phi) is 7.29. The molecule has 244 valence electrons. The molecule has 1 heteroatoms. The van der Waals surface area contributed by atoms with Crippen molar-refractivity contribution in [3.8, 4) is 33.4 Å². The zero-order chi connectivity index (χ0) is 34.4. The van der Waals surface area contributed by atoms with Crippen LogP contribution in [-0.2, 0) is 0 Å². The number of rotatable bonds is 6. The fourth-order valence-corrected chi connectivity index (χ4v) is 8.15. The van der Waals surface area contributed by atoms with Crippen LogP contribution in [0.3, 0.4) is 0 Å². The zero-order valence-corrected chi connectivity index (χ0v) is 28.5. The summed E-state index contributed by atoms with van der Waals surface area (Å²) in [6.45, 7) is 0. The first kappa shape index (κ1) is 30.2. The Morgan fingerprint density at radius 3 is 1.67 bits per heavy atom. The van der Waals surface area contributed by atoms with Crippen molar-refractivity contribution in [1.82, 2.24) is 0 Å². The van der Waals surface area contributed by atoms with Gasteiger partial charge in [-0.05, 0) is 78.4 Å². The maximum Gasteiger partial charge on any atom is 0.143 e. The molecule has 10 rings (SSSR count). The summed E-state index contributed by atoms with van der Waals surface area (Å²) in [5, 5.41) is 7.13. The Labute approximate surface area is 303 Å². The minimum Gasteiger partial charge on any atom is -0.455 e. The molecule has 0 saturated heterocycles. The first-order valence-electron chi connectivity index (χ1n) is 18.0.